The molecule has 138 valence electrons. The monoisotopic (exact) mass is 449 g/mol. The first-order valence-electron chi connectivity index (χ1n) is 8.66. The zero-order chi connectivity index (χ0) is 16.8. The summed E-state index contributed by atoms with van der Waals surface area (Å²) in [6.07, 6.45) is 3.49. The second-order valence-electron chi connectivity index (χ2n) is 6.38. The molecule has 2 atom stereocenters. The van der Waals surface area contributed by atoms with Gasteiger partial charge in [-0.2, -0.15) is 5.10 Å². The van der Waals surface area contributed by atoms with Crippen LogP contribution in [0.15, 0.2) is 4.99 Å². The number of guanidine groups is 1. The second kappa shape index (κ2) is 10.2. The summed E-state index contributed by atoms with van der Waals surface area (Å²) in [5.41, 5.74) is 3.67. The standard InChI is InChI=1S/C17H31N5O.HI/c1-6-18-17(19-11-15-8-7-9-23-15)20-12(2)10-16-13(3)21-22(5)14(16)4;/h12,15H,6-11H2,1-5H3,(H2,18,19,20);1H. The molecule has 2 heterocycles. The number of aryl methyl sites for hydroxylation is 2. The Kier molecular flexibility index (Phi) is 9.04. The maximum Gasteiger partial charge on any atom is 0.191 e. The average molecular weight is 449 g/mol. The van der Waals surface area contributed by atoms with Crippen LogP contribution >= 0.6 is 24.0 Å². The number of ether oxygens (including phenoxy) is 1. The molecule has 2 rings (SSSR count). The van der Waals surface area contributed by atoms with Crippen LogP contribution in [0.4, 0.5) is 0 Å². The predicted octanol–water partition coefficient (Wildman–Crippen LogP) is 2.32. The topological polar surface area (TPSA) is 63.5 Å². The van der Waals surface area contributed by atoms with Crippen molar-refractivity contribution in [1.29, 1.82) is 0 Å². The number of nitrogens with zero attached hydrogens (tertiary/aromatic N) is 3. The van der Waals surface area contributed by atoms with E-state index in [2.05, 4.69) is 48.4 Å². The van der Waals surface area contributed by atoms with Crippen molar-refractivity contribution in [2.75, 3.05) is 19.7 Å². The van der Waals surface area contributed by atoms with Crippen LogP contribution in [0, 0.1) is 13.8 Å². The maximum atomic E-state index is 5.64. The average Bonchev–Trinajstić information content (AvgIpc) is 3.10. The molecule has 0 bridgehead atoms. The summed E-state index contributed by atoms with van der Waals surface area (Å²) < 4.78 is 7.60. The first-order chi connectivity index (χ1) is 11.0. The maximum absolute atomic E-state index is 5.64. The molecule has 1 fully saturated rings. The quantitative estimate of drug-likeness (QED) is 0.398. The Balaban J connectivity index is 0.00000288. The van der Waals surface area contributed by atoms with Crippen molar-refractivity contribution in [3.8, 4) is 0 Å². The molecule has 0 aliphatic carbocycles. The van der Waals surface area contributed by atoms with Crippen LogP contribution in [0.1, 0.15) is 43.6 Å². The lowest BCUT2D eigenvalue weighted by Gasteiger charge is -2.18. The van der Waals surface area contributed by atoms with E-state index < -0.39 is 0 Å². The molecule has 2 unspecified atom stereocenters. The van der Waals surface area contributed by atoms with Gasteiger partial charge in [-0.1, -0.05) is 0 Å². The van der Waals surface area contributed by atoms with Gasteiger partial charge in [-0.05, 0) is 52.5 Å². The van der Waals surface area contributed by atoms with Crippen molar-refractivity contribution in [1.82, 2.24) is 20.4 Å². The van der Waals surface area contributed by atoms with Crippen LogP contribution in [0.2, 0.25) is 0 Å². The van der Waals surface area contributed by atoms with Crippen molar-refractivity contribution in [3.63, 3.8) is 0 Å². The fourth-order valence-corrected chi connectivity index (χ4v) is 3.00. The molecule has 1 aromatic rings. The first-order valence-corrected chi connectivity index (χ1v) is 8.66. The van der Waals surface area contributed by atoms with Crippen molar-refractivity contribution in [2.45, 2.75) is 59.1 Å². The van der Waals surface area contributed by atoms with E-state index in [0.29, 0.717) is 6.04 Å². The normalized spacial score (nSPS) is 19.0. The molecule has 2 N–H and O–H groups in total. The SMILES string of the molecule is CCNC(=NCC1CCCO1)NC(C)Cc1c(C)nn(C)c1C.I. The third-order valence-electron chi connectivity index (χ3n) is 4.37. The third kappa shape index (κ3) is 5.91. The fraction of sp³-hybridized carbons (Fsp3) is 0.765. The molecule has 1 aliphatic rings. The molecule has 24 heavy (non-hydrogen) atoms. The zero-order valence-corrected chi connectivity index (χ0v) is 17.9. The Morgan fingerprint density at radius 2 is 2.21 bits per heavy atom. The minimum atomic E-state index is 0. The van der Waals surface area contributed by atoms with Crippen LogP contribution in [0.25, 0.3) is 0 Å². The molecule has 0 saturated carbocycles. The van der Waals surface area contributed by atoms with E-state index >= 15 is 0 Å². The summed E-state index contributed by atoms with van der Waals surface area (Å²) in [4.78, 5) is 4.68. The van der Waals surface area contributed by atoms with Crippen LogP contribution in [-0.4, -0.2) is 47.6 Å². The lowest BCUT2D eigenvalue weighted by atomic mass is 10.1. The van der Waals surface area contributed by atoms with Crippen molar-refractivity contribution < 1.29 is 4.74 Å². The summed E-state index contributed by atoms with van der Waals surface area (Å²) in [5, 5.41) is 11.3. The molecule has 7 heteroatoms. The van der Waals surface area contributed by atoms with E-state index in [-0.39, 0.29) is 30.1 Å². The highest BCUT2D eigenvalue weighted by atomic mass is 127. The Bertz CT molecular complexity index is 537. The van der Waals surface area contributed by atoms with E-state index in [9.17, 15) is 0 Å². The molecule has 1 aromatic heterocycles. The summed E-state index contributed by atoms with van der Waals surface area (Å²) >= 11 is 0. The summed E-state index contributed by atoms with van der Waals surface area (Å²) in [7, 11) is 2.00. The van der Waals surface area contributed by atoms with Crippen LogP contribution in [-0.2, 0) is 18.2 Å². The molecular formula is C17H32IN5O. The highest BCUT2D eigenvalue weighted by Gasteiger charge is 2.16. The number of aliphatic imine (C=N–C) groups is 1. The van der Waals surface area contributed by atoms with Gasteiger partial charge in [-0.3, -0.25) is 9.67 Å². The van der Waals surface area contributed by atoms with Gasteiger partial charge in [0.25, 0.3) is 0 Å². The predicted molar refractivity (Wildman–Crippen MR) is 109 cm³/mol. The van der Waals surface area contributed by atoms with Crippen LogP contribution in [0.5, 0.6) is 0 Å². The van der Waals surface area contributed by atoms with E-state index in [0.717, 1.165) is 50.6 Å². The smallest absolute Gasteiger partial charge is 0.191 e. The van der Waals surface area contributed by atoms with Crippen molar-refractivity contribution in [2.24, 2.45) is 12.0 Å². The summed E-state index contributed by atoms with van der Waals surface area (Å²) in [6, 6.07) is 0.291. The molecular weight excluding hydrogens is 417 g/mol. The van der Waals surface area contributed by atoms with Gasteiger partial charge in [0.2, 0.25) is 0 Å². The Morgan fingerprint density at radius 1 is 1.46 bits per heavy atom. The molecule has 0 radical (unpaired) electrons. The van der Waals surface area contributed by atoms with Gasteiger partial charge in [-0.15, -0.1) is 24.0 Å². The van der Waals surface area contributed by atoms with E-state index in [1.807, 2.05) is 11.7 Å². The summed E-state index contributed by atoms with van der Waals surface area (Å²) in [6.45, 7) is 10.9. The zero-order valence-electron chi connectivity index (χ0n) is 15.6. The lowest BCUT2D eigenvalue weighted by molar-refractivity contribution is 0.117. The van der Waals surface area contributed by atoms with Gasteiger partial charge >= 0.3 is 0 Å². The minimum Gasteiger partial charge on any atom is -0.376 e. The number of halogens is 1. The van der Waals surface area contributed by atoms with E-state index in [1.54, 1.807) is 0 Å². The van der Waals surface area contributed by atoms with E-state index in [4.69, 9.17) is 4.74 Å². The largest absolute Gasteiger partial charge is 0.376 e. The molecule has 6 nitrogen and oxygen atoms in total. The van der Waals surface area contributed by atoms with Crippen LogP contribution < -0.4 is 10.6 Å². The molecule has 0 spiro atoms. The molecule has 0 amide bonds. The molecule has 1 saturated heterocycles. The second-order valence-corrected chi connectivity index (χ2v) is 6.38. The van der Waals surface area contributed by atoms with Crippen LogP contribution in [0.3, 0.4) is 0 Å². The van der Waals surface area contributed by atoms with Crippen molar-refractivity contribution >= 4 is 29.9 Å². The van der Waals surface area contributed by atoms with Gasteiger partial charge in [0.05, 0.1) is 18.3 Å². The van der Waals surface area contributed by atoms with Crippen molar-refractivity contribution in [3.05, 3.63) is 17.0 Å². The number of nitrogens with one attached hydrogen (secondary N) is 2. The van der Waals surface area contributed by atoms with Gasteiger partial charge in [0, 0.05) is 31.9 Å². The lowest BCUT2D eigenvalue weighted by Crippen LogP contribution is -2.43. The number of hydrogen-bond donors (Lipinski definition) is 2. The Hall–Kier alpha value is -0.830. The number of rotatable bonds is 6. The summed E-state index contributed by atoms with van der Waals surface area (Å²) in [5.74, 6) is 0.870. The number of aromatic nitrogens is 2. The number of hydrogen-bond acceptors (Lipinski definition) is 3. The first kappa shape index (κ1) is 21.2. The fourth-order valence-electron chi connectivity index (χ4n) is 3.00. The van der Waals surface area contributed by atoms with Gasteiger partial charge in [-0.25, -0.2) is 0 Å². The molecule has 1 aliphatic heterocycles. The van der Waals surface area contributed by atoms with Gasteiger partial charge in [0.15, 0.2) is 5.96 Å². The third-order valence-corrected chi connectivity index (χ3v) is 4.37. The van der Waals surface area contributed by atoms with E-state index in [1.165, 1.54) is 11.3 Å². The highest BCUT2D eigenvalue weighted by molar-refractivity contribution is 14.0. The highest BCUT2D eigenvalue weighted by Crippen LogP contribution is 2.14. The minimum absolute atomic E-state index is 0. The Morgan fingerprint density at radius 3 is 2.75 bits per heavy atom. The Labute approximate surface area is 162 Å². The van der Waals surface area contributed by atoms with Gasteiger partial charge < -0.3 is 15.4 Å². The van der Waals surface area contributed by atoms with Gasteiger partial charge in [0.1, 0.15) is 0 Å². The molecule has 0 aromatic carbocycles.